The van der Waals surface area contributed by atoms with Gasteiger partial charge in [-0.05, 0) is 38.1 Å². The van der Waals surface area contributed by atoms with E-state index < -0.39 is 0 Å². The molecule has 138 valence electrons. The van der Waals surface area contributed by atoms with Crippen LogP contribution in [0.1, 0.15) is 30.1 Å². The number of aliphatic hydroxyl groups is 1. The number of aromatic nitrogens is 2. The number of hydrogen-bond donors (Lipinski definition) is 2. The van der Waals surface area contributed by atoms with Crippen LogP contribution in [0.2, 0.25) is 0 Å². The molecule has 0 fully saturated rings. The molecule has 0 bridgehead atoms. The third-order valence-electron chi connectivity index (χ3n) is 4.82. The molecule has 2 N–H and O–H groups in total. The first-order chi connectivity index (χ1) is 13.2. The molecule has 0 spiro atoms. The van der Waals surface area contributed by atoms with Crippen LogP contribution in [0.15, 0.2) is 46.9 Å². The standard InChI is InChI=1S/C21H21N3O3/c1-3-24(4-2)21(26)17-11-15-14-7-5-6-8-16(14)22-19(15)20(23-17)18-10-9-13(12-25)27-18/h5-11,22,25H,3-4,12H2,1-2H3. The Morgan fingerprint density at radius 3 is 2.63 bits per heavy atom. The van der Waals surface area contributed by atoms with E-state index in [1.807, 2.05) is 44.2 Å². The number of aromatic amines is 1. The monoisotopic (exact) mass is 363 g/mol. The van der Waals surface area contributed by atoms with E-state index in [0.29, 0.717) is 36.0 Å². The Morgan fingerprint density at radius 2 is 1.93 bits per heavy atom. The zero-order valence-electron chi connectivity index (χ0n) is 15.3. The number of para-hydroxylation sites is 1. The second-order valence-electron chi connectivity index (χ2n) is 6.35. The summed E-state index contributed by atoms with van der Waals surface area (Å²) < 4.78 is 5.71. The van der Waals surface area contributed by atoms with Gasteiger partial charge in [-0.1, -0.05) is 18.2 Å². The number of H-pyrrole nitrogens is 1. The smallest absolute Gasteiger partial charge is 0.272 e. The van der Waals surface area contributed by atoms with Crippen molar-refractivity contribution in [3.05, 3.63) is 53.9 Å². The Bertz CT molecular complexity index is 1120. The van der Waals surface area contributed by atoms with Crippen molar-refractivity contribution in [2.24, 2.45) is 0 Å². The number of carbonyl (C=O) groups excluding carboxylic acids is 1. The van der Waals surface area contributed by atoms with Crippen molar-refractivity contribution in [1.29, 1.82) is 0 Å². The molecular weight excluding hydrogens is 342 g/mol. The quantitative estimate of drug-likeness (QED) is 0.562. The topological polar surface area (TPSA) is 82.4 Å². The van der Waals surface area contributed by atoms with E-state index in [1.54, 1.807) is 17.0 Å². The molecule has 4 rings (SSSR count). The molecule has 3 aromatic heterocycles. The molecule has 0 atom stereocenters. The van der Waals surface area contributed by atoms with E-state index in [1.165, 1.54) is 0 Å². The lowest BCUT2D eigenvalue weighted by molar-refractivity contribution is 0.0767. The van der Waals surface area contributed by atoms with Crippen LogP contribution in [0.4, 0.5) is 0 Å². The predicted octanol–water partition coefficient (Wildman–Crippen LogP) is 3.95. The summed E-state index contributed by atoms with van der Waals surface area (Å²) in [5, 5.41) is 11.3. The third kappa shape index (κ3) is 2.88. The molecule has 0 saturated heterocycles. The molecule has 0 radical (unpaired) electrons. The minimum absolute atomic E-state index is 0.109. The predicted molar refractivity (Wildman–Crippen MR) is 104 cm³/mol. The van der Waals surface area contributed by atoms with Crippen LogP contribution >= 0.6 is 0 Å². The molecule has 0 aliphatic carbocycles. The fraction of sp³-hybridized carbons (Fsp3) is 0.238. The van der Waals surface area contributed by atoms with Crippen LogP contribution < -0.4 is 0 Å². The largest absolute Gasteiger partial charge is 0.457 e. The average molecular weight is 363 g/mol. The van der Waals surface area contributed by atoms with Gasteiger partial charge in [0.15, 0.2) is 5.76 Å². The summed E-state index contributed by atoms with van der Waals surface area (Å²) in [5.41, 5.74) is 2.73. The molecule has 3 heterocycles. The van der Waals surface area contributed by atoms with Crippen molar-refractivity contribution in [2.75, 3.05) is 13.1 Å². The van der Waals surface area contributed by atoms with Gasteiger partial charge < -0.3 is 19.4 Å². The Morgan fingerprint density at radius 1 is 1.15 bits per heavy atom. The van der Waals surface area contributed by atoms with Gasteiger partial charge in [-0.3, -0.25) is 4.79 Å². The Balaban J connectivity index is 2.00. The minimum atomic E-state index is -0.187. The summed E-state index contributed by atoms with van der Waals surface area (Å²) >= 11 is 0. The minimum Gasteiger partial charge on any atom is -0.457 e. The van der Waals surface area contributed by atoms with Gasteiger partial charge >= 0.3 is 0 Å². The Labute approximate surface area is 156 Å². The van der Waals surface area contributed by atoms with E-state index in [-0.39, 0.29) is 12.5 Å². The Kier molecular flexibility index (Phi) is 4.41. The molecule has 0 saturated carbocycles. The molecule has 6 heteroatoms. The second kappa shape index (κ2) is 6.89. The van der Waals surface area contributed by atoms with Crippen LogP contribution in [0.5, 0.6) is 0 Å². The van der Waals surface area contributed by atoms with Crippen molar-refractivity contribution in [2.45, 2.75) is 20.5 Å². The number of benzene rings is 1. The highest BCUT2D eigenvalue weighted by Gasteiger charge is 2.21. The molecule has 4 aromatic rings. The van der Waals surface area contributed by atoms with E-state index in [0.717, 1.165) is 21.8 Å². The number of aliphatic hydroxyl groups excluding tert-OH is 1. The van der Waals surface area contributed by atoms with Crippen LogP contribution in [0.25, 0.3) is 33.3 Å². The number of furan rings is 1. The summed E-state index contributed by atoms with van der Waals surface area (Å²) in [6, 6.07) is 13.3. The number of rotatable bonds is 5. The van der Waals surface area contributed by atoms with Gasteiger partial charge in [0.2, 0.25) is 0 Å². The van der Waals surface area contributed by atoms with E-state index in [9.17, 15) is 9.90 Å². The summed E-state index contributed by atoms with van der Waals surface area (Å²) in [4.78, 5) is 22.7. The average Bonchev–Trinajstić information content (AvgIpc) is 3.32. The first-order valence-corrected chi connectivity index (χ1v) is 9.07. The van der Waals surface area contributed by atoms with Crippen molar-refractivity contribution in [3.63, 3.8) is 0 Å². The summed E-state index contributed by atoms with van der Waals surface area (Å²) in [7, 11) is 0. The maximum atomic E-state index is 12.9. The first kappa shape index (κ1) is 17.3. The zero-order chi connectivity index (χ0) is 19.0. The number of nitrogens with zero attached hydrogens (tertiary/aromatic N) is 2. The van der Waals surface area contributed by atoms with Crippen LogP contribution in [0, 0.1) is 0 Å². The summed E-state index contributed by atoms with van der Waals surface area (Å²) in [6.45, 7) is 4.95. The number of amides is 1. The highest BCUT2D eigenvalue weighted by Crippen LogP contribution is 2.33. The highest BCUT2D eigenvalue weighted by atomic mass is 16.4. The fourth-order valence-corrected chi connectivity index (χ4v) is 3.40. The lowest BCUT2D eigenvalue weighted by Crippen LogP contribution is -2.31. The zero-order valence-corrected chi connectivity index (χ0v) is 15.3. The maximum Gasteiger partial charge on any atom is 0.272 e. The lowest BCUT2D eigenvalue weighted by atomic mass is 10.1. The molecular formula is C21H21N3O3. The molecule has 1 aromatic carbocycles. The second-order valence-corrected chi connectivity index (χ2v) is 6.35. The van der Waals surface area contributed by atoms with Gasteiger partial charge in [0, 0.05) is 29.4 Å². The number of pyridine rings is 1. The van der Waals surface area contributed by atoms with Gasteiger partial charge in [0.05, 0.1) is 5.52 Å². The number of carbonyl (C=O) groups is 1. The number of nitrogens with one attached hydrogen (secondary N) is 1. The molecule has 0 aliphatic heterocycles. The van der Waals surface area contributed by atoms with Crippen LogP contribution in [0.3, 0.4) is 0 Å². The van der Waals surface area contributed by atoms with Gasteiger partial charge in [-0.2, -0.15) is 0 Å². The molecule has 6 nitrogen and oxygen atoms in total. The molecule has 1 amide bonds. The third-order valence-corrected chi connectivity index (χ3v) is 4.82. The SMILES string of the molecule is CCN(CC)C(=O)c1cc2c([nH]c3ccccc32)c(-c2ccc(CO)o2)n1. The van der Waals surface area contributed by atoms with E-state index in [2.05, 4.69) is 9.97 Å². The van der Waals surface area contributed by atoms with Gasteiger partial charge in [-0.15, -0.1) is 0 Å². The molecule has 0 aliphatic rings. The number of fused-ring (bicyclic) bond motifs is 3. The molecule has 27 heavy (non-hydrogen) atoms. The van der Waals surface area contributed by atoms with E-state index >= 15 is 0 Å². The van der Waals surface area contributed by atoms with E-state index in [4.69, 9.17) is 4.42 Å². The maximum absolute atomic E-state index is 12.9. The van der Waals surface area contributed by atoms with Crippen LogP contribution in [-0.4, -0.2) is 39.0 Å². The van der Waals surface area contributed by atoms with Gasteiger partial charge in [-0.25, -0.2) is 4.98 Å². The highest BCUT2D eigenvalue weighted by molar-refractivity contribution is 6.12. The van der Waals surface area contributed by atoms with Crippen LogP contribution in [-0.2, 0) is 6.61 Å². The first-order valence-electron chi connectivity index (χ1n) is 9.07. The molecule has 0 unspecified atom stereocenters. The summed E-state index contributed by atoms with van der Waals surface area (Å²) in [6.07, 6.45) is 0. The van der Waals surface area contributed by atoms with Crippen molar-refractivity contribution in [1.82, 2.24) is 14.9 Å². The van der Waals surface area contributed by atoms with Crippen molar-refractivity contribution < 1.29 is 14.3 Å². The van der Waals surface area contributed by atoms with Gasteiger partial charge in [0.25, 0.3) is 5.91 Å². The van der Waals surface area contributed by atoms with Crippen molar-refractivity contribution >= 4 is 27.7 Å². The fourth-order valence-electron chi connectivity index (χ4n) is 3.40. The lowest BCUT2D eigenvalue weighted by Gasteiger charge is -2.18. The number of hydrogen-bond acceptors (Lipinski definition) is 4. The summed E-state index contributed by atoms with van der Waals surface area (Å²) in [5.74, 6) is 0.865. The van der Waals surface area contributed by atoms with Gasteiger partial charge in [0.1, 0.15) is 23.8 Å². The normalized spacial score (nSPS) is 11.4. The van der Waals surface area contributed by atoms with Crippen molar-refractivity contribution in [3.8, 4) is 11.5 Å². The Hall–Kier alpha value is -3.12.